The summed E-state index contributed by atoms with van der Waals surface area (Å²) in [4.78, 5) is 4.50. The summed E-state index contributed by atoms with van der Waals surface area (Å²) in [6, 6.07) is 2.12. The molecule has 1 rings (SSSR count). The molecule has 17 heavy (non-hydrogen) atoms. The summed E-state index contributed by atoms with van der Waals surface area (Å²) in [6.45, 7) is 17.1. The van der Waals surface area contributed by atoms with Crippen LogP contribution in [0.3, 0.4) is 0 Å². The van der Waals surface area contributed by atoms with E-state index in [1.807, 2.05) is 20.0 Å². The van der Waals surface area contributed by atoms with E-state index in [0.29, 0.717) is 0 Å². The maximum atomic E-state index is 8.14. The van der Waals surface area contributed by atoms with E-state index in [0.717, 1.165) is 5.69 Å². The molecule has 0 saturated heterocycles. The number of rotatable bonds is 1. The first-order valence-electron chi connectivity index (χ1n) is 6.85. The molecule has 0 bridgehead atoms. The Labute approximate surface area is 108 Å². The monoisotopic (exact) mass is 235 g/mol. The highest BCUT2D eigenvalue weighted by Crippen LogP contribution is 2.34. The third-order valence-electron chi connectivity index (χ3n) is 3.03. The van der Waals surface area contributed by atoms with Crippen molar-refractivity contribution in [2.45, 2.75) is 72.1 Å². The van der Waals surface area contributed by atoms with E-state index in [2.05, 4.69) is 52.6 Å². The molecule has 0 atom stereocenters. The molecule has 96 valence electrons. The van der Waals surface area contributed by atoms with E-state index in [9.17, 15) is 0 Å². The number of hydrogen-bond acceptors (Lipinski definition) is 1. The highest BCUT2D eigenvalue weighted by Gasteiger charge is 2.26. The predicted molar refractivity (Wildman–Crippen MR) is 75.7 cm³/mol. The molecule has 0 aliphatic carbocycles. The van der Waals surface area contributed by atoms with Crippen LogP contribution < -0.4 is 0 Å². The van der Waals surface area contributed by atoms with Crippen LogP contribution in [-0.2, 0) is 10.8 Å². The summed E-state index contributed by atoms with van der Waals surface area (Å²) < 4.78 is 8.14. The van der Waals surface area contributed by atoms with Gasteiger partial charge in [-0.15, -0.1) is 0 Å². The molecular formula is C16H27N. The highest BCUT2D eigenvalue weighted by atomic mass is 14.7. The first kappa shape index (κ1) is 12.6. The summed E-state index contributed by atoms with van der Waals surface area (Å²) in [7, 11) is 0. The predicted octanol–water partition coefficient (Wildman–Crippen LogP) is 4.80. The number of aromatic nitrogens is 1. The Morgan fingerprint density at radius 2 is 1.47 bits per heavy atom. The Morgan fingerprint density at radius 1 is 1.00 bits per heavy atom. The van der Waals surface area contributed by atoms with E-state index < -0.39 is 5.89 Å². The molecule has 1 aromatic rings. The van der Waals surface area contributed by atoms with Gasteiger partial charge in [0.05, 0.1) is 0 Å². The molecule has 1 nitrogen and oxygen atoms in total. The molecular weight excluding hydrogens is 206 g/mol. The summed E-state index contributed by atoms with van der Waals surface area (Å²) in [5, 5.41) is 0. The van der Waals surface area contributed by atoms with Crippen molar-refractivity contribution in [2.75, 3.05) is 0 Å². The number of hydrogen-bond donors (Lipinski definition) is 0. The van der Waals surface area contributed by atoms with Crippen molar-refractivity contribution in [1.82, 2.24) is 4.98 Å². The molecule has 0 amide bonds. The van der Waals surface area contributed by atoms with Crippen molar-refractivity contribution < 1.29 is 1.37 Å². The van der Waals surface area contributed by atoms with Gasteiger partial charge in [-0.2, -0.15) is 0 Å². The second-order valence-corrected chi connectivity index (χ2v) is 7.12. The lowest BCUT2D eigenvalue weighted by Gasteiger charge is -2.30. The first-order chi connectivity index (χ1) is 7.83. The quantitative estimate of drug-likeness (QED) is 0.681. The van der Waals surface area contributed by atoms with Crippen molar-refractivity contribution in [3.63, 3.8) is 0 Å². The molecule has 0 N–H and O–H groups in total. The van der Waals surface area contributed by atoms with Gasteiger partial charge in [-0.1, -0.05) is 55.4 Å². The molecule has 0 aliphatic heterocycles. The van der Waals surface area contributed by atoms with Gasteiger partial charge >= 0.3 is 0 Å². The second kappa shape index (κ2) is 4.44. The standard InChI is InChI=1S/C16H27N/c1-11(2)14-9-12(15(3,4)5)13(10-17-14)16(6,7)8/h9-11H,1-8H3/i11T. The molecule has 0 aliphatic rings. The molecule has 0 unspecified atom stereocenters. The van der Waals surface area contributed by atoms with Gasteiger partial charge in [0.1, 0.15) is 0 Å². The molecule has 1 heteroatoms. The zero-order chi connectivity index (χ0) is 14.4. The Kier molecular flexibility index (Phi) is 3.29. The minimum absolute atomic E-state index is 0.0750. The van der Waals surface area contributed by atoms with Gasteiger partial charge < -0.3 is 0 Å². The van der Waals surface area contributed by atoms with Crippen LogP contribution in [0.4, 0.5) is 0 Å². The number of nitrogens with zero attached hydrogens (tertiary/aromatic N) is 1. The minimum atomic E-state index is -0.642. The lowest BCUT2D eigenvalue weighted by Crippen LogP contribution is -2.23. The fourth-order valence-electron chi connectivity index (χ4n) is 1.95. The fourth-order valence-corrected chi connectivity index (χ4v) is 1.95. The maximum Gasteiger partial charge on any atom is 0.0432 e. The molecule has 0 saturated carbocycles. The lowest BCUT2D eigenvalue weighted by molar-refractivity contribution is 0.525. The first-order valence-corrected chi connectivity index (χ1v) is 6.35. The molecule has 1 aromatic heterocycles. The molecule has 0 radical (unpaired) electrons. The SMILES string of the molecule is [3H]C(C)(C)c1cc(C(C)(C)C)c(C(C)(C)C)cn1. The van der Waals surface area contributed by atoms with Crippen molar-refractivity contribution in [2.24, 2.45) is 0 Å². The van der Waals surface area contributed by atoms with Crippen LogP contribution in [0, 0.1) is 0 Å². The van der Waals surface area contributed by atoms with E-state index in [-0.39, 0.29) is 10.8 Å². The Hall–Kier alpha value is -0.850. The zero-order valence-corrected chi connectivity index (χ0v) is 12.6. The Bertz CT molecular complexity index is 428. The minimum Gasteiger partial charge on any atom is -0.261 e. The van der Waals surface area contributed by atoms with Crippen LogP contribution >= 0.6 is 0 Å². The molecule has 1 heterocycles. The summed E-state index contributed by atoms with van der Waals surface area (Å²) in [6.07, 6.45) is 1.96. The summed E-state index contributed by atoms with van der Waals surface area (Å²) >= 11 is 0. The van der Waals surface area contributed by atoms with Crippen molar-refractivity contribution in [3.8, 4) is 0 Å². The van der Waals surface area contributed by atoms with Crippen molar-refractivity contribution in [1.29, 1.82) is 0 Å². The normalized spacial score (nSPS) is 14.7. The molecule has 0 aromatic carbocycles. The van der Waals surface area contributed by atoms with Crippen LogP contribution in [0.5, 0.6) is 0 Å². The smallest absolute Gasteiger partial charge is 0.0432 e. The van der Waals surface area contributed by atoms with Crippen molar-refractivity contribution in [3.05, 3.63) is 29.1 Å². The highest BCUT2D eigenvalue weighted by molar-refractivity contribution is 5.37. The molecule has 0 spiro atoms. The third-order valence-corrected chi connectivity index (χ3v) is 3.03. The average Bonchev–Trinajstić information content (AvgIpc) is 2.12. The second-order valence-electron chi connectivity index (χ2n) is 7.12. The van der Waals surface area contributed by atoms with Gasteiger partial charge in [0, 0.05) is 13.3 Å². The summed E-state index contributed by atoms with van der Waals surface area (Å²) in [5.41, 5.74) is 3.59. The third kappa shape index (κ3) is 3.31. The van der Waals surface area contributed by atoms with Gasteiger partial charge in [0.15, 0.2) is 0 Å². The van der Waals surface area contributed by atoms with Gasteiger partial charge in [0.2, 0.25) is 0 Å². The lowest BCUT2D eigenvalue weighted by atomic mass is 9.75. The fraction of sp³-hybridized carbons (Fsp3) is 0.688. The molecule has 0 fully saturated rings. The number of pyridine rings is 1. The average molecular weight is 235 g/mol. The van der Waals surface area contributed by atoms with Crippen molar-refractivity contribution >= 4 is 0 Å². The van der Waals surface area contributed by atoms with Crippen LogP contribution in [0.2, 0.25) is 0 Å². The summed E-state index contributed by atoms with van der Waals surface area (Å²) in [5.74, 6) is -0.642. The van der Waals surface area contributed by atoms with Gasteiger partial charge in [-0.05, 0) is 33.9 Å². The Morgan fingerprint density at radius 3 is 1.82 bits per heavy atom. The van der Waals surface area contributed by atoms with E-state index in [1.54, 1.807) is 0 Å². The van der Waals surface area contributed by atoms with Gasteiger partial charge in [-0.3, -0.25) is 4.98 Å². The largest absolute Gasteiger partial charge is 0.261 e. The topological polar surface area (TPSA) is 12.9 Å². The van der Waals surface area contributed by atoms with Crippen LogP contribution in [0.15, 0.2) is 12.3 Å². The van der Waals surface area contributed by atoms with Crippen LogP contribution in [0.1, 0.15) is 79.5 Å². The van der Waals surface area contributed by atoms with E-state index in [4.69, 9.17) is 1.37 Å². The van der Waals surface area contributed by atoms with Gasteiger partial charge in [-0.25, -0.2) is 0 Å². The zero-order valence-electron chi connectivity index (χ0n) is 13.6. The van der Waals surface area contributed by atoms with E-state index >= 15 is 0 Å². The maximum absolute atomic E-state index is 8.14. The van der Waals surface area contributed by atoms with Gasteiger partial charge in [0.25, 0.3) is 0 Å². The van der Waals surface area contributed by atoms with Crippen LogP contribution in [0.25, 0.3) is 0 Å². The van der Waals surface area contributed by atoms with E-state index in [1.165, 1.54) is 11.1 Å². The van der Waals surface area contributed by atoms with Crippen LogP contribution in [-0.4, -0.2) is 4.98 Å². The Balaban J connectivity index is 3.50.